The van der Waals surface area contributed by atoms with Gasteiger partial charge in [-0.3, -0.25) is 4.90 Å². The van der Waals surface area contributed by atoms with Crippen LogP contribution in [-0.4, -0.2) is 37.1 Å². The highest BCUT2D eigenvalue weighted by molar-refractivity contribution is 6.30. The molecule has 2 aromatic carbocycles. The van der Waals surface area contributed by atoms with E-state index < -0.39 is 0 Å². The summed E-state index contributed by atoms with van der Waals surface area (Å²) in [7, 11) is 2.15. The molecule has 1 fully saturated rings. The van der Waals surface area contributed by atoms with Crippen LogP contribution in [0.4, 0.5) is 16.2 Å². The van der Waals surface area contributed by atoms with Crippen LogP contribution in [0.1, 0.15) is 23.5 Å². The Kier molecular flexibility index (Phi) is 4.18. The molecule has 0 bridgehead atoms. The number of piperidine rings is 1. The topological polar surface area (TPSA) is 35.6 Å². The van der Waals surface area contributed by atoms with Gasteiger partial charge >= 0.3 is 6.03 Å². The summed E-state index contributed by atoms with van der Waals surface area (Å²) in [6, 6.07) is 13.8. The summed E-state index contributed by atoms with van der Waals surface area (Å²) in [6.07, 6.45) is 0.989. The van der Waals surface area contributed by atoms with Gasteiger partial charge in [0, 0.05) is 34.9 Å². The van der Waals surface area contributed by atoms with Crippen molar-refractivity contribution in [1.29, 1.82) is 0 Å². The summed E-state index contributed by atoms with van der Waals surface area (Å²) < 4.78 is 0. The van der Waals surface area contributed by atoms with E-state index in [4.69, 9.17) is 11.6 Å². The molecule has 4 rings (SSSR count). The molecule has 5 heteroatoms. The van der Waals surface area contributed by atoms with Crippen LogP contribution in [0.15, 0.2) is 42.5 Å². The molecule has 130 valence electrons. The van der Waals surface area contributed by atoms with Crippen LogP contribution in [0, 0.1) is 6.92 Å². The Hall–Kier alpha value is -2.04. The van der Waals surface area contributed by atoms with Gasteiger partial charge in [-0.05, 0) is 62.8 Å². The molecule has 1 saturated heterocycles. The van der Waals surface area contributed by atoms with Gasteiger partial charge in [0.25, 0.3) is 0 Å². The Balaban J connectivity index is 1.66. The zero-order valence-electron chi connectivity index (χ0n) is 14.5. The van der Waals surface area contributed by atoms with E-state index in [1.165, 1.54) is 11.1 Å². The summed E-state index contributed by atoms with van der Waals surface area (Å²) in [5, 5.41) is 3.69. The van der Waals surface area contributed by atoms with E-state index >= 15 is 0 Å². The second kappa shape index (κ2) is 6.36. The van der Waals surface area contributed by atoms with Crippen LogP contribution in [0.25, 0.3) is 0 Å². The minimum Gasteiger partial charge on any atom is -0.308 e. The average molecular weight is 356 g/mol. The fraction of sp³-hybridized carbons (Fsp3) is 0.350. The van der Waals surface area contributed by atoms with Crippen molar-refractivity contribution in [2.24, 2.45) is 0 Å². The number of carbonyl (C=O) groups excluding carboxylic acids is 1. The van der Waals surface area contributed by atoms with E-state index in [2.05, 4.69) is 42.4 Å². The Morgan fingerprint density at radius 2 is 1.96 bits per heavy atom. The number of hydrogen-bond acceptors (Lipinski definition) is 2. The maximum absolute atomic E-state index is 13.1. The maximum Gasteiger partial charge on any atom is 0.326 e. The van der Waals surface area contributed by atoms with Crippen molar-refractivity contribution in [3.8, 4) is 0 Å². The van der Waals surface area contributed by atoms with E-state index in [0.29, 0.717) is 10.9 Å². The largest absolute Gasteiger partial charge is 0.326 e. The van der Waals surface area contributed by atoms with Gasteiger partial charge in [0.1, 0.15) is 0 Å². The van der Waals surface area contributed by atoms with Crippen LogP contribution in [0.2, 0.25) is 5.02 Å². The van der Waals surface area contributed by atoms with Crippen molar-refractivity contribution in [3.63, 3.8) is 0 Å². The number of carbonyl (C=O) groups is 1. The zero-order valence-corrected chi connectivity index (χ0v) is 15.3. The van der Waals surface area contributed by atoms with Crippen molar-refractivity contribution in [2.45, 2.75) is 25.3 Å². The number of hydrogen-bond donors (Lipinski definition) is 1. The minimum absolute atomic E-state index is 0.0653. The monoisotopic (exact) mass is 355 g/mol. The molecule has 1 N–H and O–H groups in total. The molecule has 2 atom stereocenters. The molecule has 0 radical (unpaired) electrons. The normalized spacial score (nSPS) is 22.4. The number of fused-ring (bicyclic) bond motifs is 3. The zero-order chi connectivity index (χ0) is 17.6. The van der Waals surface area contributed by atoms with Crippen LogP contribution < -0.4 is 10.2 Å². The van der Waals surface area contributed by atoms with Gasteiger partial charge in [0.15, 0.2) is 0 Å². The van der Waals surface area contributed by atoms with E-state index in [-0.39, 0.29) is 12.1 Å². The molecule has 0 unspecified atom stereocenters. The van der Waals surface area contributed by atoms with Gasteiger partial charge < -0.3 is 10.2 Å². The fourth-order valence-electron chi connectivity index (χ4n) is 4.06. The smallest absolute Gasteiger partial charge is 0.308 e. The summed E-state index contributed by atoms with van der Waals surface area (Å²) >= 11 is 5.93. The van der Waals surface area contributed by atoms with E-state index in [1.54, 1.807) is 12.1 Å². The van der Waals surface area contributed by atoms with E-state index in [9.17, 15) is 4.79 Å². The first-order valence-corrected chi connectivity index (χ1v) is 9.05. The number of urea groups is 1. The molecule has 0 spiro atoms. The molecule has 2 amide bonds. The highest BCUT2D eigenvalue weighted by Crippen LogP contribution is 2.45. The number of likely N-dealkylation sites (tertiary alicyclic amines) is 1. The number of benzene rings is 2. The molecule has 0 aliphatic carbocycles. The van der Waals surface area contributed by atoms with Crippen LogP contribution in [0.3, 0.4) is 0 Å². The summed E-state index contributed by atoms with van der Waals surface area (Å²) in [6.45, 7) is 4.11. The molecule has 2 aliphatic heterocycles. The Morgan fingerprint density at radius 3 is 2.72 bits per heavy atom. The van der Waals surface area contributed by atoms with Crippen molar-refractivity contribution in [3.05, 3.63) is 58.6 Å². The third kappa shape index (κ3) is 3.00. The average Bonchev–Trinajstić information content (AvgIpc) is 2.90. The quantitative estimate of drug-likeness (QED) is 0.818. The fourth-order valence-corrected chi connectivity index (χ4v) is 4.19. The number of aryl methyl sites for hydroxylation is 1. The SMILES string of the molecule is Cc1ccc2c(c1)[C@H]1CN(C)CC[C@@H]1N2C(=O)Nc1ccc(Cl)cc1. The van der Waals surface area contributed by atoms with Crippen molar-refractivity contribution in [1.82, 2.24) is 4.90 Å². The highest BCUT2D eigenvalue weighted by atomic mass is 35.5. The molecule has 2 aromatic rings. The standard InChI is InChI=1S/C20H22ClN3O/c1-13-3-8-18-16(11-13)17-12-23(2)10-9-19(17)24(18)20(25)22-15-6-4-14(21)5-7-15/h3-8,11,17,19H,9-10,12H2,1-2H3,(H,22,25)/t17-,19+/m1/s1. The molecular formula is C20H22ClN3O. The van der Waals surface area contributed by atoms with Crippen molar-refractivity contribution >= 4 is 29.0 Å². The molecule has 0 aromatic heterocycles. The van der Waals surface area contributed by atoms with Gasteiger partial charge in [0.2, 0.25) is 0 Å². The Morgan fingerprint density at radius 1 is 1.20 bits per heavy atom. The summed E-state index contributed by atoms with van der Waals surface area (Å²) in [4.78, 5) is 17.4. The molecule has 2 aliphatic rings. The molecule has 25 heavy (non-hydrogen) atoms. The lowest BCUT2D eigenvalue weighted by Crippen LogP contribution is -2.48. The van der Waals surface area contributed by atoms with Gasteiger partial charge in [-0.1, -0.05) is 29.3 Å². The highest BCUT2D eigenvalue weighted by Gasteiger charge is 2.43. The van der Waals surface area contributed by atoms with Crippen LogP contribution in [0.5, 0.6) is 0 Å². The van der Waals surface area contributed by atoms with Gasteiger partial charge in [0.05, 0.1) is 0 Å². The van der Waals surface area contributed by atoms with Crippen LogP contribution >= 0.6 is 11.6 Å². The number of likely N-dealkylation sites (N-methyl/N-ethyl adjacent to an activating group) is 1. The summed E-state index contributed by atoms with van der Waals surface area (Å²) in [5.41, 5.74) is 4.34. The van der Waals surface area contributed by atoms with Crippen molar-refractivity contribution in [2.75, 3.05) is 30.4 Å². The lowest BCUT2D eigenvalue weighted by Gasteiger charge is -2.36. The molecular weight excluding hydrogens is 334 g/mol. The number of halogens is 1. The van der Waals surface area contributed by atoms with Crippen LogP contribution in [-0.2, 0) is 0 Å². The Labute approximate surface area is 153 Å². The third-order valence-corrected chi connectivity index (χ3v) is 5.52. The number of rotatable bonds is 1. The first-order chi connectivity index (χ1) is 12.0. The number of nitrogens with zero attached hydrogens (tertiary/aromatic N) is 2. The predicted molar refractivity (Wildman–Crippen MR) is 103 cm³/mol. The van der Waals surface area contributed by atoms with Crippen molar-refractivity contribution < 1.29 is 4.79 Å². The first kappa shape index (κ1) is 16.4. The second-order valence-electron chi connectivity index (χ2n) is 7.09. The lowest BCUT2D eigenvalue weighted by molar-refractivity contribution is 0.224. The number of anilines is 2. The molecule has 0 saturated carbocycles. The van der Waals surface area contributed by atoms with E-state index in [0.717, 1.165) is 30.9 Å². The minimum atomic E-state index is -0.0653. The number of amides is 2. The van der Waals surface area contributed by atoms with Gasteiger partial charge in [-0.15, -0.1) is 0 Å². The van der Waals surface area contributed by atoms with Gasteiger partial charge in [-0.25, -0.2) is 4.79 Å². The summed E-state index contributed by atoms with van der Waals surface area (Å²) in [5.74, 6) is 0.379. The molecule has 4 nitrogen and oxygen atoms in total. The lowest BCUT2D eigenvalue weighted by atomic mass is 9.89. The molecule has 2 heterocycles. The Bertz CT molecular complexity index is 805. The first-order valence-electron chi connectivity index (χ1n) is 8.68. The number of nitrogens with one attached hydrogen (secondary N) is 1. The van der Waals surface area contributed by atoms with Gasteiger partial charge in [-0.2, -0.15) is 0 Å². The second-order valence-corrected chi connectivity index (χ2v) is 7.53. The third-order valence-electron chi connectivity index (χ3n) is 5.27. The predicted octanol–water partition coefficient (Wildman–Crippen LogP) is 4.49. The van der Waals surface area contributed by atoms with E-state index in [1.807, 2.05) is 17.0 Å². The maximum atomic E-state index is 13.1.